The van der Waals surface area contributed by atoms with Crippen molar-refractivity contribution in [1.82, 2.24) is 0 Å². The van der Waals surface area contributed by atoms with Crippen LogP contribution in [0.4, 0.5) is 15.8 Å². The van der Waals surface area contributed by atoms with E-state index >= 15 is 0 Å². The summed E-state index contributed by atoms with van der Waals surface area (Å²) in [5, 5.41) is 19.9. The number of nitro benzene ring substituents is 1. The highest BCUT2D eigenvalue weighted by molar-refractivity contribution is 5.90. The Morgan fingerprint density at radius 1 is 1.50 bits per heavy atom. The first kappa shape index (κ1) is 15.9. The van der Waals surface area contributed by atoms with Gasteiger partial charge in [0, 0.05) is 24.7 Å². The van der Waals surface area contributed by atoms with Gasteiger partial charge in [0.15, 0.2) is 0 Å². The monoisotopic (exact) mass is 284 g/mol. The van der Waals surface area contributed by atoms with Gasteiger partial charge in [-0.3, -0.25) is 10.1 Å². The van der Waals surface area contributed by atoms with Gasteiger partial charge in [0.25, 0.3) is 5.69 Å². The van der Waals surface area contributed by atoms with Crippen LogP contribution in [-0.2, 0) is 0 Å². The van der Waals surface area contributed by atoms with Crippen molar-refractivity contribution in [3.63, 3.8) is 0 Å². The van der Waals surface area contributed by atoms with Gasteiger partial charge in [-0.05, 0) is 20.3 Å². The van der Waals surface area contributed by atoms with E-state index in [0.29, 0.717) is 6.42 Å². The van der Waals surface area contributed by atoms with Crippen LogP contribution in [0.1, 0.15) is 37.6 Å². The smallest absolute Gasteiger partial charge is 0.338 e. The Morgan fingerprint density at radius 2 is 2.05 bits per heavy atom. The summed E-state index contributed by atoms with van der Waals surface area (Å²) in [5.74, 6) is -2.52. The lowest BCUT2D eigenvalue weighted by Crippen LogP contribution is -2.41. The average Bonchev–Trinajstić information content (AvgIpc) is 2.36. The molecular weight excluding hydrogens is 267 g/mol. The average molecular weight is 284 g/mol. The molecule has 0 radical (unpaired) electrons. The molecule has 0 aliphatic heterocycles. The Labute approximate surface area is 116 Å². The molecule has 1 N–H and O–H groups in total. The molecule has 7 heteroatoms. The first-order chi connectivity index (χ1) is 9.11. The quantitative estimate of drug-likeness (QED) is 0.663. The number of carboxylic acids is 1. The predicted molar refractivity (Wildman–Crippen MR) is 72.8 cm³/mol. The van der Waals surface area contributed by atoms with Gasteiger partial charge in [-0.1, -0.05) is 6.92 Å². The van der Waals surface area contributed by atoms with E-state index < -0.39 is 33.5 Å². The van der Waals surface area contributed by atoms with Gasteiger partial charge in [-0.15, -0.1) is 0 Å². The summed E-state index contributed by atoms with van der Waals surface area (Å²) in [5.41, 5.74) is -1.50. The number of carbonyl (C=O) groups is 1. The minimum absolute atomic E-state index is 0.0596. The molecule has 20 heavy (non-hydrogen) atoms. The van der Waals surface area contributed by atoms with Gasteiger partial charge in [0.05, 0.1) is 4.92 Å². The Bertz CT molecular complexity index is 558. The fourth-order valence-electron chi connectivity index (χ4n) is 1.69. The highest BCUT2D eigenvalue weighted by Crippen LogP contribution is 2.35. The maximum Gasteiger partial charge on any atom is 0.338 e. The van der Waals surface area contributed by atoms with E-state index in [0.717, 1.165) is 12.1 Å². The topological polar surface area (TPSA) is 83.7 Å². The van der Waals surface area contributed by atoms with Crippen LogP contribution in [-0.4, -0.2) is 28.6 Å². The van der Waals surface area contributed by atoms with Crippen molar-refractivity contribution in [2.24, 2.45) is 0 Å². The van der Waals surface area contributed by atoms with Crippen LogP contribution in [0.5, 0.6) is 0 Å². The van der Waals surface area contributed by atoms with Crippen LogP contribution in [0.25, 0.3) is 0 Å². The van der Waals surface area contributed by atoms with Crippen molar-refractivity contribution in [2.45, 2.75) is 32.7 Å². The summed E-state index contributed by atoms with van der Waals surface area (Å²) in [6.45, 7) is 5.63. The number of aromatic carboxylic acids is 1. The standard InChI is InChI=1S/C13H17FN2O4/c1-5-13(2,3)15(4)10-7-9(14)8(12(17)18)6-11(10)16(19)20/h6-7H,5H2,1-4H3,(H,17,18). The van der Waals surface area contributed by atoms with Crippen LogP contribution in [0.15, 0.2) is 12.1 Å². The first-order valence-corrected chi connectivity index (χ1v) is 6.07. The molecule has 0 fully saturated rings. The summed E-state index contributed by atoms with van der Waals surface area (Å²) in [4.78, 5) is 22.8. The molecule has 0 heterocycles. The molecule has 1 aromatic carbocycles. The molecule has 110 valence electrons. The number of hydrogen-bond donors (Lipinski definition) is 1. The van der Waals surface area contributed by atoms with Crippen molar-refractivity contribution in [1.29, 1.82) is 0 Å². The van der Waals surface area contributed by atoms with Crippen molar-refractivity contribution < 1.29 is 19.2 Å². The van der Waals surface area contributed by atoms with Gasteiger partial charge < -0.3 is 10.0 Å². The number of rotatable bonds is 5. The maximum absolute atomic E-state index is 13.8. The van der Waals surface area contributed by atoms with E-state index in [2.05, 4.69) is 0 Å². The Hall–Kier alpha value is -2.18. The molecule has 6 nitrogen and oxygen atoms in total. The number of benzene rings is 1. The van der Waals surface area contributed by atoms with Gasteiger partial charge in [-0.25, -0.2) is 9.18 Å². The van der Waals surface area contributed by atoms with Crippen LogP contribution in [0.2, 0.25) is 0 Å². The molecule has 0 amide bonds. The van der Waals surface area contributed by atoms with Crippen molar-refractivity contribution >= 4 is 17.3 Å². The Balaban J connectivity index is 3.51. The molecule has 0 saturated carbocycles. The van der Waals surface area contributed by atoms with Gasteiger partial charge >= 0.3 is 5.97 Å². The number of anilines is 1. The van der Waals surface area contributed by atoms with Crippen molar-refractivity contribution in [2.75, 3.05) is 11.9 Å². The molecule has 0 aromatic heterocycles. The third kappa shape index (κ3) is 2.87. The van der Waals surface area contributed by atoms with E-state index in [4.69, 9.17) is 5.11 Å². The van der Waals surface area contributed by atoms with Gasteiger partial charge in [0.1, 0.15) is 17.1 Å². The molecule has 1 aromatic rings. The third-order valence-electron chi connectivity index (χ3n) is 3.63. The van der Waals surface area contributed by atoms with Crippen LogP contribution in [0.3, 0.4) is 0 Å². The van der Waals surface area contributed by atoms with E-state index in [1.807, 2.05) is 20.8 Å². The van der Waals surface area contributed by atoms with Crippen LogP contribution >= 0.6 is 0 Å². The first-order valence-electron chi connectivity index (χ1n) is 6.07. The van der Waals surface area contributed by atoms with Gasteiger partial charge in [0.2, 0.25) is 0 Å². The Kier molecular flexibility index (Phi) is 4.32. The SMILES string of the molecule is CCC(C)(C)N(C)c1cc(F)c(C(=O)O)cc1[N+](=O)[O-]. The minimum Gasteiger partial charge on any atom is -0.478 e. The zero-order valence-electron chi connectivity index (χ0n) is 11.8. The van der Waals surface area contributed by atoms with Gasteiger partial charge in [-0.2, -0.15) is 0 Å². The van der Waals surface area contributed by atoms with E-state index in [1.165, 1.54) is 0 Å². The predicted octanol–water partition coefficient (Wildman–Crippen LogP) is 3.06. The van der Waals surface area contributed by atoms with E-state index in [9.17, 15) is 19.3 Å². The number of nitrogens with zero attached hydrogens (tertiary/aromatic N) is 2. The zero-order valence-corrected chi connectivity index (χ0v) is 11.8. The lowest BCUT2D eigenvalue weighted by molar-refractivity contribution is -0.384. The second kappa shape index (κ2) is 5.44. The Morgan fingerprint density at radius 3 is 2.45 bits per heavy atom. The number of nitro groups is 1. The fraction of sp³-hybridized carbons (Fsp3) is 0.462. The van der Waals surface area contributed by atoms with E-state index in [-0.39, 0.29) is 5.69 Å². The maximum atomic E-state index is 13.8. The zero-order chi connectivity index (χ0) is 15.7. The second-order valence-corrected chi connectivity index (χ2v) is 5.11. The van der Waals surface area contributed by atoms with Crippen LogP contribution < -0.4 is 4.90 Å². The lowest BCUT2D eigenvalue weighted by atomic mass is 9.98. The molecule has 0 atom stereocenters. The summed E-state index contributed by atoms with van der Waals surface area (Å²) in [6, 6.07) is 1.66. The van der Waals surface area contributed by atoms with Crippen LogP contribution in [0, 0.1) is 15.9 Å². The normalized spacial score (nSPS) is 11.2. The number of halogens is 1. The summed E-state index contributed by atoms with van der Waals surface area (Å²) < 4.78 is 13.8. The summed E-state index contributed by atoms with van der Waals surface area (Å²) >= 11 is 0. The van der Waals surface area contributed by atoms with Crippen molar-refractivity contribution in [3.8, 4) is 0 Å². The highest BCUT2D eigenvalue weighted by atomic mass is 19.1. The third-order valence-corrected chi connectivity index (χ3v) is 3.63. The molecule has 0 aliphatic carbocycles. The fourth-order valence-corrected chi connectivity index (χ4v) is 1.69. The molecule has 0 bridgehead atoms. The largest absolute Gasteiger partial charge is 0.478 e. The lowest BCUT2D eigenvalue weighted by Gasteiger charge is -2.36. The van der Waals surface area contributed by atoms with Crippen molar-refractivity contribution in [3.05, 3.63) is 33.6 Å². The van der Waals surface area contributed by atoms with E-state index in [1.54, 1.807) is 11.9 Å². The molecule has 0 aliphatic rings. The number of hydrogen-bond acceptors (Lipinski definition) is 4. The molecule has 0 saturated heterocycles. The molecule has 1 rings (SSSR count). The molecule has 0 unspecified atom stereocenters. The number of carboxylic acid groups (broad SMARTS) is 1. The highest BCUT2D eigenvalue weighted by Gasteiger charge is 2.30. The summed E-state index contributed by atoms with van der Waals surface area (Å²) in [6.07, 6.45) is 0.683. The second-order valence-electron chi connectivity index (χ2n) is 5.11. The minimum atomic E-state index is -1.53. The summed E-state index contributed by atoms with van der Waals surface area (Å²) in [7, 11) is 1.62. The molecular formula is C13H17FN2O4. The molecule has 0 spiro atoms.